The minimum atomic E-state index is 0.302. The highest BCUT2D eigenvalue weighted by molar-refractivity contribution is 5.35. The van der Waals surface area contributed by atoms with Crippen molar-refractivity contribution < 1.29 is 9.52 Å². The van der Waals surface area contributed by atoms with Crippen molar-refractivity contribution in [2.75, 3.05) is 0 Å². The largest absolute Gasteiger partial charge is 0.508 e. The smallest absolute Gasteiger partial charge is 0.120 e. The number of nitrogens with one attached hydrogen (secondary N) is 1. The zero-order chi connectivity index (χ0) is 13.0. The number of hydrogen-bond donors (Lipinski definition) is 2. The summed E-state index contributed by atoms with van der Waals surface area (Å²) in [5.74, 6) is 1.32. The van der Waals surface area contributed by atoms with Crippen molar-refractivity contribution in [3.05, 3.63) is 53.5 Å². The van der Waals surface area contributed by atoms with E-state index in [1.807, 2.05) is 31.2 Å². The van der Waals surface area contributed by atoms with Crippen LogP contribution in [0.25, 0.3) is 0 Å². The second-order valence-electron chi connectivity index (χ2n) is 4.70. The van der Waals surface area contributed by atoms with E-state index >= 15 is 0 Å². The lowest BCUT2D eigenvalue weighted by Crippen LogP contribution is -2.27. The maximum Gasteiger partial charge on any atom is 0.120 e. The maximum atomic E-state index is 9.75. The third-order valence-corrected chi connectivity index (χ3v) is 2.96. The zero-order valence-corrected chi connectivity index (χ0v) is 10.8. The molecule has 0 saturated carbocycles. The fourth-order valence-corrected chi connectivity index (χ4v) is 1.94. The summed E-state index contributed by atoms with van der Waals surface area (Å²) in [5, 5.41) is 13.1. The molecular weight excluding hydrogens is 226 g/mol. The molecular formula is C15H19NO2. The van der Waals surface area contributed by atoms with Crippen molar-refractivity contribution in [1.82, 2.24) is 5.32 Å². The minimum Gasteiger partial charge on any atom is -0.508 e. The van der Waals surface area contributed by atoms with Gasteiger partial charge in [-0.1, -0.05) is 17.7 Å². The highest BCUT2D eigenvalue weighted by Gasteiger charge is 2.07. The van der Waals surface area contributed by atoms with E-state index in [4.69, 9.17) is 4.42 Å². The van der Waals surface area contributed by atoms with Gasteiger partial charge in [0.15, 0.2) is 0 Å². The summed E-state index contributed by atoms with van der Waals surface area (Å²) >= 11 is 0. The Balaban J connectivity index is 1.89. The van der Waals surface area contributed by atoms with Crippen LogP contribution in [-0.2, 0) is 13.0 Å². The Morgan fingerprint density at radius 1 is 1.33 bits per heavy atom. The lowest BCUT2D eigenvalue weighted by molar-refractivity contribution is 0.442. The first-order valence-corrected chi connectivity index (χ1v) is 6.19. The Kier molecular flexibility index (Phi) is 4.05. The van der Waals surface area contributed by atoms with E-state index < -0.39 is 0 Å². The Hall–Kier alpha value is -1.74. The molecule has 3 heteroatoms. The molecule has 0 amide bonds. The van der Waals surface area contributed by atoms with Crippen molar-refractivity contribution in [3.8, 4) is 5.75 Å². The van der Waals surface area contributed by atoms with Gasteiger partial charge in [0.05, 0.1) is 6.26 Å². The molecule has 0 bridgehead atoms. The number of rotatable bonds is 5. The second-order valence-corrected chi connectivity index (χ2v) is 4.70. The van der Waals surface area contributed by atoms with Crippen LogP contribution in [0.3, 0.4) is 0 Å². The molecule has 96 valence electrons. The first kappa shape index (κ1) is 12.7. The van der Waals surface area contributed by atoms with Gasteiger partial charge in [-0.05, 0) is 32.0 Å². The van der Waals surface area contributed by atoms with E-state index in [0.717, 1.165) is 23.3 Å². The highest BCUT2D eigenvalue weighted by atomic mass is 16.3. The van der Waals surface area contributed by atoms with Crippen molar-refractivity contribution in [3.63, 3.8) is 0 Å². The standard InChI is InChI=1S/C15H19NO2/c1-11-5-6-15(17)13(8-11)10-16-12(2)9-14-4-3-7-18-14/h3-8,12,16-17H,9-10H2,1-2H3. The highest BCUT2D eigenvalue weighted by Crippen LogP contribution is 2.18. The molecule has 1 heterocycles. The van der Waals surface area contributed by atoms with Crippen LogP contribution < -0.4 is 5.32 Å². The molecule has 0 spiro atoms. The number of aromatic hydroxyl groups is 1. The summed E-state index contributed by atoms with van der Waals surface area (Å²) in [6.07, 6.45) is 2.54. The Morgan fingerprint density at radius 2 is 2.17 bits per heavy atom. The molecule has 3 nitrogen and oxygen atoms in total. The molecule has 0 aliphatic heterocycles. The normalized spacial score (nSPS) is 12.6. The second kappa shape index (κ2) is 5.74. The fourth-order valence-electron chi connectivity index (χ4n) is 1.94. The van der Waals surface area contributed by atoms with Gasteiger partial charge in [0.1, 0.15) is 11.5 Å². The summed E-state index contributed by atoms with van der Waals surface area (Å²) in [4.78, 5) is 0. The number of hydrogen-bond acceptors (Lipinski definition) is 3. The van der Waals surface area contributed by atoms with Crippen molar-refractivity contribution in [2.45, 2.75) is 32.9 Å². The Labute approximate surface area is 107 Å². The number of benzene rings is 1. The molecule has 2 N–H and O–H groups in total. The summed E-state index contributed by atoms with van der Waals surface area (Å²) in [6.45, 7) is 4.79. The van der Waals surface area contributed by atoms with E-state index in [0.29, 0.717) is 18.3 Å². The van der Waals surface area contributed by atoms with Crippen molar-refractivity contribution in [2.24, 2.45) is 0 Å². The topological polar surface area (TPSA) is 45.4 Å². The van der Waals surface area contributed by atoms with Crippen molar-refractivity contribution >= 4 is 0 Å². The van der Waals surface area contributed by atoms with Gasteiger partial charge in [-0.3, -0.25) is 0 Å². The van der Waals surface area contributed by atoms with E-state index in [1.54, 1.807) is 12.3 Å². The van der Waals surface area contributed by atoms with Crippen LogP contribution in [0.2, 0.25) is 0 Å². The molecule has 2 aromatic rings. The van der Waals surface area contributed by atoms with E-state index in [1.165, 1.54) is 0 Å². The quantitative estimate of drug-likeness (QED) is 0.851. The monoisotopic (exact) mass is 245 g/mol. The van der Waals surface area contributed by atoms with E-state index in [2.05, 4.69) is 12.2 Å². The lowest BCUT2D eigenvalue weighted by atomic mass is 10.1. The number of phenols is 1. The van der Waals surface area contributed by atoms with Crippen LogP contribution in [0, 0.1) is 6.92 Å². The molecule has 0 aliphatic carbocycles. The third-order valence-electron chi connectivity index (χ3n) is 2.96. The predicted octanol–water partition coefficient (Wildman–Crippen LogP) is 3.01. The molecule has 18 heavy (non-hydrogen) atoms. The average molecular weight is 245 g/mol. The van der Waals surface area contributed by atoms with Crippen LogP contribution >= 0.6 is 0 Å². The fraction of sp³-hybridized carbons (Fsp3) is 0.333. The maximum absolute atomic E-state index is 9.75. The van der Waals surface area contributed by atoms with Crippen LogP contribution in [0.1, 0.15) is 23.8 Å². The molecule has 1 aromatic heterocycles. The first-order chi connectivity index (χ1) is 8.65. The van der Waals surface area contributed by atoms with Gasteiger partial charge in [0.25, 0.3) is 0 Å². The summed E-state index contributed by atoms with van der Waals surface area (Å²) in [5.41, 5.74) is 2.09. The van der Waals surface area contributed by atoms with Gasteiger partial charge >= 0.3 is 0 Å². The number of aryl methyl sites for hydroxylation is 1. The molecule has 0 aliphatic rings. The molecule has 0 radical (unpaired) electrons. The van der Waals surface area contributed by atoms with E-state index in [-0.39, 0.29) is 0 Å². The summed E-state index contributed by atoms with van der Waals surface area (Å²) in [6, 6.07) is 9.82. The third kappa shape index (κ3) is 3.37. The molecule has 1 aromatic carbocycles. The van der Waals surface area contributed by atoms with Crippen LogP contribution in [-0.4, -0.2) is 11.1 Å². The van der Waals surface area contributed by atoms with Crippen LogP contribution in [0.5, 0.6) is 5.75 Å². The predicted molar refractivity (Wildman–Crippen MR) is 71.6 cm³/mol. The Bertz CT molecular complexity index is 491. The van der Waals surface area contributed by atoms with Gasteiger partial charge in [-0.2, -0.15) is 0 Å². The first-order valence-electron chi connectivity index (χ1n) is 6.19. The molecule has 2 rings (SSSR count). The van der Waals surface area contributed by atoms with Crippen LogP contribution in [0.4, 0.5) is 0 Å². The minimum absolute atomic E-state index is 0.302. The van der Waals surface area contributed by atoms with Crippen LogP contribution in [0.15, 0.2) is 41.0 Å². The number of furan rings is 1. The summed E-state index contributed by atoms with van der Waals surface area (Å²) < 4.78 is 5.31. The molecule has 0 fully saturated rings. The molecule has 1 atom stereocenters. The average Bonchev–Trinajstić information content (AvgIpc) is 2.83. The SMILES string of the molecule is Cc1ccc(O)c(CNC(C)Cc2ccco2)c1. The lowest BCUT2D eigenvalue weighted by Gasteiger charge is -2.13. The van der Waals surface area contributed by atoms with Crippen molar-refractivity contribution in [1.29, 1.82) is 0 Å². The number of phenolic OH excluding ortho intramolecular Hbond substituents is 1. The summed E-state index contributed by atoms with van der Waals surface area (Å²) in [7, 11) is 0. The van der Waals surface area contributed by atoms with Gasteiger partial charge in [0, 0.05) is 24.6 Å². The van der Waals surface area contributed by atoms with E-state index in [9.17, 15) is 5.11 Å². The van der Waals surface area contributed by atoms with Gasteiger partial charge in [-0.25, -0.2) is 0 Å². The molecule has 1 unspecified atom stereocenters. The van der Waals surface area contributed by atoms with Gasteiger partial charge in [0.2, 0.25) is 0 Å². The van der Waals surface area contributed by atoms with Gasteiger partial charge < -0.3 is 14.8 Å². The zero-order valence-electron chi connectivity index (χ0n) is 10.8. The van der Waals surface area contributed by atoms with Gasteiger partial charge in [-0.15, -0.1) is 0 Å². The Morgan fingerprint density at radius 3 is 2.89 bits per heavy atom. The molecule has 0 saturated heterocycles.